The van der Waals surface area contributed by atoms with Gasteiger partial charge in [-0.1, -0.05) is 11.8 Å². The van der Waals surface area contributed by atoms with Gasteiger partial charge in [-0.15, -0.1) is 0 Å². The van der Waals surface area contributed by atoms with Crippen molar-refractivity contribution in [1.82, 2.24) is 9.97 Å². The first-order chi connectivity index (χ1) is 10.2. The van der Waals surface area contributed by atoms with Gasteiger partial charge in [-0.3, -0.25) is 9.59 Å². The molecule has 112 valence electrons. The molecule has 1 aromatic carbocycles. The molecule has 2 rings (SSSR count). The summed E-state index contributed by atoms with van der Waals surface area (Å²) in [5.41, 5.74) is 1.71. The summed E-state index contributed by atoms with van der Waals surface area (Å²) in [7, 11) is 0. The van der Waals surface area contributed by atoms with Gasteiger partial charge in [-0.05, 0) is 26.0 Å². The van der Waals surface area contributed by atoms with Crippen molar-refractivity contribution in [3.63, 3.8) is 0 Å². The number of ether oxygens (including phenoxy) is 2. The van der Waals surface area contributed by atoms with Crippen LogP contribution in [0, 0.1) is 0 Å². The second-order valence-corrected chi connectivity index (χ2v) is 5.02. The van der Waals surface area contributed by atoms with E-state index < -0.39 is 0 Å². The van der Waals surface area contributed by atoms with Gasteiger partial charge in [0.05, 0.1) is 35.6 Å². The number of hydrogen-bond donors (Lipinski definition) is 1. The van der Waals surface area contributed by atoms with Crippen molar-refractivity contribution >= 4 is 35.1 Å². The van der Waals surface area contributed by atoms with Gasteiger partial charge in [0, 0.05) is 0 Å². The lowest BCUT2D eigenvalue weighted by atomic mass is 10.2. The minimum absolute atomic E-state index is 0.169. The molecular weight excluding hydrogens is 292 g/mol. The van der Waals surface area contributed by atoms with Crippen LogP contribution >= 0.6 is 11.8 Å². The van der Waals surface area contributed by atoms with Crippen LogP contribution in [0.2, 0.25) is 0 Å². The summed E-state index contributed by atoms with van der Waals surface area (Å²) in [4.78, 5) is 30.0. The van der Waals surface area contributed by atoms with E-state index in [-0.39, 0.29) is 11.7 Å². The quantitative estimate of drug-likeness (QED) is 0.480. The van der Waals surface area contributed by atoms with E-state index >= 15 is 0 Å². The molecule has 0 amide bonds. The number of aromatic amines is 1. The number of carbonyl (C=O) groups excluding carboxylic acids is 2. The smallest absolute Gasteiger partial charge is 0.316 e. The predicted molar refractivity (Wildman–Crippen MR) is 80.0 cm³/mol. The summed E-state index contributed by atoms with van der Waals surface area (Å²) in [6.07, 6.45) is 0.741. The van der Waals surface area contributed by atoms with Crippen molar-refractivity contribution < 1.29 is 19.1 Å². The van der Waals surface area contributed by atoms with Crippen LogP contribution in [0.25, 0.3) is 11.0 Å². The van der Waals surface area contributed by atoms with E-state index in [2.05, 4.69) is 9.97 Å². The van der Waals surface area contributed by atoms with Crippen LogP contribution in [0.15, 0.2) is 17.3 Å². The zero-order valence-corrected chi connectivity index (χ0v) is 12.7. The number of nitrogens with one attached hydrogen (secondary N) is 1. The van der Waals surface area contributed by atoms with Crippen LogP contribution in [-0.4, -0.2) is 41.2 Å². The van der Waals surface area contributed by atoms with Crippen LogP contribution in [0.4, 0.5) is 0 Å². The fourth-order valence-electron chi connectivity index (χ4n) is 1.85. The molecule has 0 atom stereocenters. The first-order valence-electron chi connectivity index (χ1n) is 6.58. The highest BCUT2D eigenvalue weighted by Crippen LogP contribution is 2.27. The van der Waals surface area contributed by atoms with E-state index in [9.17, 15) is 9.59 Å². The number of thioether (sulfide) groups is 1. The molecule has 0 spiro atoms. The number of esters is 1. The highest BCUT2D eigenvalue weighted by Gasteiger charge is 2.13. The number of aldehydes is 1. The second kappa shape index (κ2) is 7.12. The van der Waals surface area contributed by atoms with Gasteiger partial charge in [0.15, 0.2) is 11.4 Å². The Bertz CT molecular complexity index is 654. The van der Waals surface area contributed by atoms with E-state index in [1.807, 2.05) is 6.92 Å². The summed E-state index contributed by atoms with van der Waals surface area (Å²) < 4.78 is 10.3. The number of hydrogen-bond acceptors (Lipinski definition) is 6. The van der Waals surface area contributed by atoms with Crippen molar-refractivity contribution in [2.24, 2.45) is 0 Å². The maximum atomic E-state index is 11.3. The van der Waals surface area contributed by atoms with Crippen LogP contribution in [0.3, 0.4) is 0 Å². The van der Waals surface area contributed by atoms with E-state index in [1.165, 1.54) is 11.8 Å². The highest BCUT2D eigenvalue weighted by atomic mass is 32.2. The SMILES string of the molecule is CCOC(=O)CSc1nc2ccc(OCC)c(C=O)c2[nH]1. The standard InChI is InChI=1S/C14H16N2O4S/c1-3-19-11-6-5-10-13(9(11)7-17)16-14(15-10)21-8-12(18)20-4-2/h5-7H,3-4,8H2,1-2H3,(H,15,16). The molecule has 0 saturated heterocycles. The normalized spacial score (nSPS) is 10.6. The van der Waals surface area contributed by atoms with Crippen molar-refractivity contribution in [2.45, 2.75) is 19.0 Å². The molecule has 0 radical (unpaired) electrons. The Labute approximate surface area is 126 Å². The summed E-state index contributed by atoms with van der Waals surface area (Å²) in [5.74, 6) is 0.390. The number of H-pyrrole nitrogens is 1. The fourth-order valence-corrected chi connectivity index (χ4v) is 2.53. The van der Waals surface area contributed by atoms with Gasteiger partial charge in [0.1, 0.15) is 5.75 Å². The maximum Gasteiger partial charge on any atom is 0.316 e. The first kappa shape index (κ1) is 15.4. The van der Waals surface area contributed by atoms with Gasteiger partial charge in [-0.25, -0.2) is 4.98 Å². The summed E-state index contributed by atoms with van der Waals surface area (Å²) in [6, 6.07) is 3.49. The van der Waals surface area contributed by atoms with Crippen LogP contribution in [0.5, 0.6) is 5.75 Å². The third kappa shape index (κ3) is 3.55. The minimum Gasteiger partial charge on any atom is -0.493 e. The Morgan fingerprint density at radius 3 is 2.86 bits per heavy atom. The zero-order valence-electron chi connectivity index (χ0n) is 11.8. The molecule has 6 nitrogen and oxygen atoms in total. The van der Waals surface area contributed by atoms with E-state index in [0.717, 1.165) is 6.29 Å². The lowest BCUT2D eigenvalue weighted by Gasteiger charge is -2.05. The molecule has 1 N–H and O–H groups in total. The average Bonchev–Trinajstić information content (AvgIpc) is 2.88. The lowest BCUT2D eigenvalue weighted by molar-refractivity contribution is -0.139. The summed E-state index contributed by atoms with van der Waals surface area (Å²) in [6.45, 7) is 4.44. The minimum atomic E-state index is -0.298. The fraction of sp³-hybridized carbons (Fsp3) is 0.357. The van der Waals surface area contributed by atoms with Crippen LogP contribution in [0.1, 0.15) is 24.2 Å². The predicted octanol–water partition coefficient (Wildman–Crippen LogP) is 2.43. The number of imidazole rings is 1. The molecule has 0 aliphatic rings. The first-order valence-corrected chi connectivity index (χ1v) is 7.57. The highest BCUT2D eigenvalue weighted by molar-refractivity contribution is 7.99. The largest absolute Gasteiger partial charge is 0.493 e. The second-order valence-electron chi connectivity index (χ2n) is 4.06. The topological polar surface area (TPSA) is 81.3 Å². The maximum absolute atomic E-state index is 11.3. The number of nitrogens with zero attached hydrogens (tertiary/aromatic N) is 1. The number of rotatable bonds is 7. The van der Waals surface area contributed by atoms with Gasteiger partial charge in [-0.2, -0.15) is 0 Å². The van der Waals surface area contributed by atoms with Crippen LogP contribution in [-0.2, 0) is 9.53 Å². The third-order valence-electron chi connectivity index (χ3n) is 2.69. The molecule has 2 aromatic rings. The summed E-state index contributed by atoms with van der Waals surface area (Å²) >= 11 is 1.23. The molecule has 7 heteroatoms. The Hall–Kier alpha value is -2.02. The average molecular weight is 308 g/mol. The Kier molecular flexibility index (Phi) is 5.21. The Morgan fingerprint density at radius 1 is 1.38 bits per heavy atom. The molecule has 0 aliphatic heterocycles. The number of aromatic nitrogens is 2. The molecule has 0 bridgehead atoms. The lowest BCUT2D eigenvalue weighted by Crippen LogP contribution is -2.06. The molecule has 1 heterocycles. The molecule has 0 saturated carbocycles. The monoisotopic (exact) mass is 308 g/mol. The Balaban J connectivity index is 2.24. The summed E-state index contributed by atoms with van der Waals surface area (Å²) in [5, 5.41) is 0.565. The van der Waals surface area contributed by atoms with Crippen molar-refractivity contribution in [3.05, 3.63) is 17.7 Å². The van der Waals surface area contributed by atoms with Gasteiger partial charge in [0.2, 0.25) is 0 Å². The van der Waals surface area contributed by atoms with Gasteiger partial charge < -0.3 is 14.5 Å². The van der Waals surface area contributed by atoms with Crippen molar-refractivity contribution in [2.75, 3.05) is 19.0 Å². The third-order valence-corrected chi connectivity index (χ3v) is 3.53. The van der Waals surface area contributed by atoms with Gasteiger partial charge >= 0.3 is 5.97 Å². The zero-order chi connectivity index (χ0) is 15.2. The number of benzene rings is 1. The van der Waals surface area contributed by atoms with E-state index in [1.54, 1.807) is 19.1 Å². The molecule has 21 heavy (non-hydrogen) atoms. The van der Waals surface area contributed by atoms with Gasteiger partial charge in [0.25, 0.3) is 0 Å². The molecule has 0 fully saturated rings. The molecule has 1 aromatic heterocycles. The molecule has 0 unspecified atom stereocenters. The number of carbonyl (C=O) groups is 2. The molecular formula is C14H16N2O4S. The van der Waals surface area contributed by atoms with Crippen LogP contribution < -0.4 is 4.74 Å². The number of fused-ring (bicyclic) bond motifs is 1. The van der Waals surface area contributed by atoms with Crippen molar-refractivity contribution in [3.8, 4) is 5.75 Å². The molecule has 0 aliphatic carbocycles. The van der Waals surface area contributed by atoms with Crippen molar-refractivity contribution in [1.29, 1.82) is 0 Å². The van der Waals surface area contributed by atoms with E-state index in [0.29, 0.717) is 40.7 Å². The Morgan fingerprint density at radius 2 is 2.19 bits per heavy atom. The van der Waals surface area contributed by atoms with E-state index in [4.69, 9.17) is 9.47 Å².